The second kappa shape index (κ2) is 4.65. The summed E-state index contributed by atoms with van der Waals surface area (Å²) in [5.41, 5.74) is 6.52. The van der Waals surface area contributed by atoms with Gasteiger partial charge in [0.05, 0.1) is 0 Å². The van der Waals surface area contributed by atoms with E-state index in [-0.39, 0.29) is 24.1 Å². The molecule has 0 bridgehead atoms. The summed E-state index contributed by atoms with van der Waals surface area (Å²) in [6.07, 6.45) is 0. The number of benzene rings is 1. The van der Waals surface area contributed by atoms with Crippen LogP contribution >= 0.6 is 0 Å². The molecule has 1 aromatic rings. The second-order valence-corrected chi connectivity index (χ2v) is 3.51. The summed E-state index contributed by atoms with van der Waals surface area (Å²) >= 11 is 0. The molecule has 6 heteroatoms. The van der Waals surface area contributed by atoms with Crippen LogP contribution in [0.4, 0.5) is 0 Å². The van der Waals surface area contributed by atoms with Gasteiger partial charge < -0.3 is 10.6 Å². The number of nitrogens with zero attached hydrogens (tertiary/aromatic N) is 3. The van der Waals surface area contributed by atoms with Gasteiger partial charge in [0, 0.05) is 7.05 Å². The van der Waals surface area contributed by atoms with E-state index in [1.165, 1.54) is 7.05 Å². The molecule has 2 rings (SSSR count). The van der Waals surface area contributed by atoms with Crippen LogP contribution < -0.4 is 5.73 Å². The first-order chi connectivity index (χ1) is 8.18. The Hall–Kier alpha value is -2.37. The van der Waals surface area contributed by atoms with Crippen LogP contribution in [0, 0.1) is 0 Å². The van der Waals surface area contributed by atoms with Crippen LogP contribution in [0.3, 0.4) is 0 Å². The van der Waals surface area contributed by atoms with Crippen LogP contribution in [-0.4, -0.2) is 29.5 Å². The SMILES string of the molecule is CN1N=C(N)C(=NOCc2ccccc2)C1=O. The van der Waals surface area contributed by atoms with Crippen molar-refractivity contribution in [2.75, 3.05) is 7.05 Å². The van der Waals surface area contributed by atoms with Crippen molar-refractivity contribution in [3.8, 4) is 0 Å². The minimum Gasteiger partial charge on any atom is -0.390 e. The van der Waals surface area contributed by atoms with E-state index in [9.17, 15) is 4.79 Å². The van der Waals surface area contributed by atoms with Gasteiger partial charge in [-0.3, -0.25) is 4.79 Å². The van der Waals surface area contributed by atoms with Crippen molar-refractivity contribution in [2.45, 2.75) is 6.61 Å². The molecule has 0 fully saturated rings. The Morgan fingerprint density at radius 3 is 2.71 bits per heavy atom. The lowest BCUT2D eigenvalue weighted by molar-refractivity contribution is -0.122. The Bertz CT molecular complexity index is 482. The molecule has 6 nitrogen and oxygen atoms in total. The second-order valence-electron chi connectivity index (χ2n) is 3.51. The third-order valence-electron chi connectivity index (χ3n) is 2.23. The summed E-state index contributed by atoms with van der Waals surface area (Å²) in [5, 5.41) is 8.57. The molecule has 0 saturated heterocycles. The number of oxime groups is 1. The highest BCUT2D eigenvalue weighted by atomic mass is 16.6. The summed E-state index contributed by atoms with van der Waals surface area (Å²) in [4.78, 5) is 16.6. The molecule has 0 unspecified atom stereocenters. The van der Waals surface area contributed by atoms with E-state index in [0.29, 0.717) is 0 Å². The largest absolute Gasteiger partial charge is 0.390 e. The maximum absolute atomic E-state index is 11.5. The van der Waals surface area contributed by atoms with Gasteiger partial charge >= 0.3 is 0 Å². The average molecular weight is 232 g/mol. The number of hydrazone groups is 1. The molecule has 0 spiro atoms. The van der Waals surface area contributed by atoms with E-state index in [0.717, 1.165) is 10.6 Å². The van der Waals surface area contributed by atoms with Gasteiger partial charge in [-0.1, -0.05) is 35.5 Å². The topological polar surface area (TPSA) is 80.3 Å². The average Bonchev–Trinajstić information content (AvgIpc) is 2.57. The van der Waals surface area contributed by atoms with E-state index in [1.54, 1.807) is 0 Å². The number of carbonyl (C=O) groups is 1. The van der Waals surface area contributed by atoms with Gasteiger partial charge in [-0.05, 0) is 5.56 Å². The lowest BCUT2D eigenvalue weighted by Gasteiger charge is -2.01. The first kappa shape index (κ1) is 11.1. The molecular weight excluding hydrogens is 220 g/mol. The number of hydrogen-bond donors (Lipinski definition) is 1. The summed E-state index contributed by atoms with van der Waals surface area (Å²) < 4.78 is 0. The molecule has 1 heterocycles. The first-order valence-electron chi connectivity index (χ1n) is 5.05. The fourth-order valence-corrected chi connectivity index (χ4v) is 1.35. The molecule has 0 atom stereocenters. The van der Waals surface area contributed by atoms with Crippen molar-refractivity contribution in [1.29, 1.82) is 0 Å². The van der Waals surface area contributed by atoms with E-state index in [2.05, 4.69) is 10.3 Å². The molecule has 1 amide bonds. The van der Waals surface area contributed by atoms with Gasteiger partial charge in [-0.15, -0.1) is 5.10 Å². The van der Waals surface area contributed by atoms with Crippen LogP contribution in [0.1, 0.15) is 5.56 Å². The van der Waals surface area contributed by atoms with E-state index >= 15 is 0 Å². The van der Waals surface area contributed by atoms with E-state index in [4.69, 9.17) is 10.6 Å². The molecule has 0 radical (unpaired) electrons. The Balaban J connectivity index is 1.98. The number of amidine groups is 1. The van der Waals surface area contributed by atoms with Crippen molar-refractivity contribution < 1.29 is 9.63 Å². The molecule has 0 aliphatic carbocycles. The number of carbonyl (C=O) groups excluding carboxylic acids is 1. The fraction of sp³-hybridized carbons (Fsp3) is 0.182. The Kier molecular flexibility index (Phi) is 3.04. The molecule has 17 heavy (non-hydrogen) atoms. The third-order valence-corrected chi connectivity index (χ3v) is 2.23. The number of amides is 1. The molecule has 1 aliphatic heterocycles. The van der Waals surface area contributed by atoms with Crippen molar-refractivity contribution in [3.05, 3.63) is 35.9 Å². The molecule has 88 valence electrons. The van der Waals surface area contributed by atoms with Crippen LogP contribution in [0.25, 0.3) is 0 Å². The number of hydrogen-bond acceptors (Lipinski definition) is 5. The Morgan fingerprint density at radius 2 is 2.12 bits per heavy atom. The zero-order chi connectivity index (χ0) is 12.3. The zero-order valence-electron chi connectivity index (χ0n) is 9.33. The highest BCUT2D eigenvalue weighted by Gasteiger charge is 2.28. The Labute approximate surface area is 98.3 Å². The van der Waals surface area contributed by atoms with Crippen molar-refractivity contribution in [3.63, 3.8) is 0 Å². The monoisotopic (exact) mass is 232 g/mol. The van der Waals surface area contributed by atoms with Gasteiger partial charge in [0.25, 0.3) is 5.91 Å². The normalized spacial score (nSPS) is 17.5. The third kappa shape index (κ3) is 2.41. The van der Waals surface area contributed by atoms with Crippen LogP contribution in [0.2, 0.25) is 0 Å². The van der Waals surface area contributed by atoms with E-state index in [1.807, 2.05) is 30.3 Å². The van der Waals surface area contributed by atoms with Gasteiger partial charge in [0.1, 0.15) is 6.61 Å². The fourth-order valence-electron chi connectivity index (χ4n) is 1.35. The summed E-state index contributed by atoms with van der Waals surface area (Å²) in [6, 6.07) is 9.52. The molecule has 0 saturated carbocycles. The molecular formula is C11H12N4O2. The summed E-state index contributed by atoms with van der Waals surface area (Å²) in [6.45, 7) is 0.286. The first-order valence-corrected chi connectivity index (χ1v) is 5.05. The van der Waals surface area contributed by atoms with Crippen molar-refractivity contribution in [1.82, 2.24) is 5.01 Å². The van der Waals surface area contributed by atoms with Gasteiger partial charge in [-0.25, -0.2) is 5.01 Å². The molecule has 2 N–H and O–H groups in total. The van der Waals surface area contributed by atoms with Crippen molar-refractivity contribution >= 4 is 17.5 Å². The minimum absolute atomic E-state index is 0.0448. The summed E-state index contributed by atoms with van der Waals surface area (Å²) in [5.74, 6) is -0.291. The number of rotatable bonds is 3. The maximum atomic E-state index is 11.5. The Morgan fingerprint density at radius 1 is 1.41 bits per heavy atom. The highest BCUT2D eigenvalue weighted by molar-refractivity contribution is 6.67. The van der Waals surface area contributed by atoms with E-state index < -0.39 is 0 Å². The predicted molar refractivity (Wildman–Crippen MR) is 63.1 cm³/mol. The standard InChI is InChI=1S/C11H12N4O2/c1-15-11(16)9(10(12)13-15)14-17-7-8-5-3-2-4-6-8/h2-6H,7H2,1H3,(H2,12,13). The van der Waals surface area contributed by atoms with Gasteiger partial charge in [-0.2, -0.15) is 0 Å². The maximum Gasteiger partial charge on any atom is 0.299 e. The molecule has 1 aliphatic rings. The lowest BCUT2D eigenvalue weighted by Crippen LogP contribution is -2.28. The van der Waals surface area contributed by atoms with Crippen molar-refractivity contribution in [2.24, 2.45) is 16.0 Å². The highest BCUT2D eigenvalue weighted by Crippen LogP contribution is 2.04. The quantitative estimate of drug-likeness (QED) is 0.761. The predicted octanol–water partition coefficient (Wildman–Crippen LogP) is 0.303. The van der Waals surface area contributed by atoms with Gasteiger partial charge in [0.2, 0.25) is 5.71 Å². The van der Waals surface area contributed by atoms with Crippen LogP contribution in [0.15, 0.2) is 40.6 Å². The molecule has 0 aromatic heterocycles. The number of nitrogens with two attached hydrogens (primary N) is 1. The zero-order valence-corrected chi connectivity index (χ0v) is 9.33. The van der Waals surface area contributed by atoms with Crippen LogP contribution in [0.5, 0.6) is 0 Å². The summed E-state index contributed by atoms with van der Waals surface area (Å²) in [7, 11) is 1.51. The smallest absolute Gasteiger partial charge is 0.299 e. The minimum atomic E-state index is -0.365. The van der Waals surface area contributed by atoms with Crippen LogP contribution in [-0.2, 0) is 16.2 Å². The van der Waals surface area contributed by atoms with Gasteiger partial charge in [0.15, 0.2) is 5.84 Å². The molecule has 1 aromatic carbocycles. The lowest BCUT2D eigenvalue weighted by atomic mass is 10.2.